The Balaban J connectivity index is 2.90. The minimum atomic E-state index is -1.29. The maximum absolute atomic E-state index is 13.1. The first-order chi connectivity index (χ1) is 21.4. The molecule has 13 heteroatoms. The van der Waals surface area contributed by atoms with E-state index in [4.69, 9.17) is 0 Å². The van der Waals surface area contributed by atoms with Gasteiger partial charge in [-0.15, -0.1) is 0 Å². The van der Waals surface area contributed by atoms with Crippen molar-refractivity contribution in [2.75, 3.05) is 0 Å². The molecule has 0 bridgehead atoms. The molecule has 1 rings (SSSR count). The second-order valence-corrected chi connectivity index (χ2v) is 12.8. The number of rotatable bonds is 19. The van der Waals surface area contributed by atoms with E-state index in [-0.39, 0.29) is 42.2 Å². The molecule has 1 aromatic rings. The fourth-order valence-corrected chi connectivity index (χ4v) is 4.83. The van der Waals surface area contributed by atoms with Gasteiger partial charge in [-0.1, -0.05) is 60.1 Å². The highest BCUT2D eigenvalue weighted by molar-refractivity contribution is 5.92. The van der Waals surface area contributed by atoms with Crippen LogP contribution in [-0.2, 0) is 30.5 Å². The first-order valence-electron chi connectivity index (χ1n) is 15.9. The second-order valence-electron chi connectivity index (χ2n) is 12.8. The van der Waals surface area contributed by atoms with Gasteiger partial charge in [0.1, 0.15) is 18.1 Å². The lowest BCUT2D eigenvalue weighted by Crippen LogP contribution is -2.56. The van der Waals surface area contributed by atoms with Gasteiger partial charge in [0.15, 0.2) is 0 Å². The molecule has 0 saturated carbocycles. The summed E-state index contributed by atoms with van der Waals surface area (Å²) in [4.78, 5) is 74.9. The molecular weight excluding hydrogens is 594 g/mol. The summed E-state index contributed by atoms with van der Waals surface area (Å²) in [6.07, 6.45) is -0.387. The van der Waals surface area contributed by atoms with Crippen LogP contribution in [0.25, 0.3) is 0 Å². The molecule has 0 aliphatic carbocycles. The Kier molecular flexibility index (Phi) is 17.0. The third kappa shape index (κ3) is 14.4. The summed E-state index contributed by atoms with van der Waals surface area (Å²) in [5, 5.41) is 33.7. The molecule has 0 aliphatic heterocycles. The molecule has 0 radical (unpaired) electrons. The van der Waals surface area contributed by atoms with Crippen LogP contribution in [0.1, 0.15) is 97.0 Å². The lowest BCUT2D eigenvalue weighted by Gasteiger charge is -2.29. The first-order valence-corrected chi connectivity index (χ1v) is 15.9. The van der Waals surface area contributed by atoms with E-state index in [0.29, 0.717) is 24.8 Å². The molecule has 258 valence electrons. The molecular formula is C33H53N5O8. The monoisotopic (exact) mass is 647 g/mol. The van der Waals surface area contributed by atoms with Gasteiger partial charge < -0.3 is 36.8 Å². The zero-order valence-corrected chi connectivity index (χ0v) is 28.3. The number of hydrogen-bond donors (Lipinski definition) is 7. The molecule has 13 nitrogen and oxygen atoms in total. The van der Waals surface area contributed by atoms with Crippen LogP contribution in [0.2, 0.25) is 0 Å². The summed E-state index contributed by atoms with van der Waals surface area (Å²) in [6.45, 7) is 14.2. The molecule has 46 heavy (non-hydrogen) atoms. The summed E-state index contributed by atoms with van der Waals surface area (Å²) in [5.74, 6) is -3.63. The molecule has 0 aliphatic rings. The third-order valence-corrected chi connectivity index (χ3v) is 7.52. The zero-order valence-electron chi connectivity index (χ0n) is 28.3. The number of hydrogen-bond acceptors (Lipinski definition) is 7. The summed E-state index contributed by atoms with van der Waals surface area (Å²) in [6, 6.07) is 2.64. The van der Waals surface area contributed by atoms with E-state index in [1.54, 1.807) is 12.1 Å². The molecule has 0 unspecified atom stereocenters. The topological polar surface area (TPSA) is 203 Å². The maximum Gasteiger partial charge on any atom is 0.335 e. The number of aliphatic hydroxyl groups is 1. The van der Waals surface area contributed by atoms with Crippen molar-refractivity contribution in [2.24, 2.45) is 17.8 Å². The highest BCUT2D eigenvalue weighted by Crippen LogP contribution is 2.14. The predicted molar refractivity (Wildman–Crippen MR) is 173 cm³/mol. The Hall–Kier alpha value is -4.00. The van der Waals surface area contributed by atoms with Crippen molar-refractivity contribution in [3.05, 3.63) is 35.4 Å². The molecule has 1 aromatic carbocycles. The number of benzene rings is 1. The van der Waals surface area contributed by atoms with Crippen molar-refractivity contribution in [1.82, 2.24) is 26.6 Å². The minimum Gasteiger partial charge on any atom is -0.478 e. The standard InChI is InChI=1S/C33H53N5O8/c1-9-20(6)29(36-22(8)39)32(44)35-21(7)30(42)38-25(13-18(2)3)27(40)16-28(41)37-26(14-19(4)5)31(43)34-17-23-11-10-12-24(15-23)33(45)46/h10-12,15,18-21,25-27,29,40H,9,13-14,16-17H2,1-8H3,(H,34,43)(H,35,44)(H,36,39)(H,37,41)(H,38,42)(H,45,46)/t20-,21-,25-,26-,27-,29-/m0/s1. The van der Waals surface area contributed by atoms with Gasteiger partial charge in [-0.05, 0) is 55.2 Å². The van der Waals surface area contributed by atoms with Gasteiger partial charge in [-0.25, -0.2) is 4.79 Å². The summed E-state index contributed by atoms with van der Waals surface area (Å²) >= 11 is 0. The van der Waals surface area contributed by atoms with Gasteiger partial charge in [-0.3, -0.25) is 24.0 Å². The Labute approximate surface area is 272 Å². The summed E-state index contributed by atoms with van der Waals surface area (Å²) in [7, 11) is 0. The molecule has 0 heterocycles. The van der Waals surface area contributed by atoms with Crippen LogP contribution in [0.3, 0.4) is 0 Å². The van der Waals surface area contributed by atoms with Crippen molar-refractivity contribution < 1.29 is 39.0 Å². The van der Waals surface area contributed by atoms with Gasteiger partial charge in [0.2, 0.25) is 29.5 Å². The SMILES string of the molecule is CC[C@H](C)[C@H](NC(C)=O)C(=O)N[C@@H](C)C(=O)N[C@@H](CC(C)C)[C@@H](O)CC(=O)N[C@@H](CC(C)C)C(=O)NCc1cccc(C(=O)O)c1. The molecule has 0 fully saturated rings. The Morgan fingerprint density at radius 3 is 1.98 bits per heavy atom. The van der Waals surface area contributed by atoms with Crippen molar-refractivity contribution in [2.45, 2.75) is 118 Å². The van der Waals surface area contributed by atoms with E-state index < -0.39 is 59.9 Å². The van der Waals surface area contributed by atoms with Gasteiger partial charge in [-0.2, -0.15) is 0 Å². The number of carboxylic acids is 1. The van der Waals surface area contributed by atoms with E-state index in [9.17, 15) is 39.0 Å². The number of carbonyl (C=O) groups is 6. The average Bonchev–Trinajstić information content (AvgIpc) is 2.96. The Morgan fingerprint density at radius 1 is 0.804 bits per heavy atom. The highest BCUT2D eigenvalue weighted by Gasteiger charge is 2.31. The zero-order chi connectivity index (χ0) is 35.1. The van der Waals surface area contributed by atoms with Crippen molar-refractivity contribution in [1.29, 1.82) is 0 Å². The second kappa shape index (κ2) is 19.5. The van der Waals surface area contributed by atoms with Crippen molar-refractivity contribution in [3.8, 4) is 0 Å². The fraction of sp³-hybridized carbons (Fsp3) is 0.636. The molecule has 0 aromatic heterocycles. The van der Waals surface area contributed by atoms with Crippen LogP contribution in [-0.4, -0.2) is 76.0 Å². The third-order valence-electron chi connectivity index (χ3n) is 7.52. The average molecular weight is 648 g/mol. The molecule has 0 saturated heterocycles. The number of nitrogens with one attached hydrogen (secondary N) is 5. The van der Waals surface area contributed by atoms with E-state index in [1.165, 1.54) is 26.0 Å². The number of aromatic carboxylic acids is 1. The fourth-order valence-electron chi connectivity index (χ4n) is 4.83. The first kappa shape index (κ1) is 40.0. The number of amides is 5. The minimum absolute atomic E-state index is 0.0431. The number of carboxylic acid groups (broad SMARTS) is 1. The number of aliphatic hydroxyl groups excluding tert-OH is 1. The Bertz CT molecular complexity index is 1200. The molecule has 7 N–H and O–H groups in total. The predicted octanol–water partition coefficient (Wildman–Crippen LogP) is 1.87. The molecule has 6 atom stereocenters. The Morgan fingerprint density at radius 2 is 1.43 bits per heavy atom. The van der Waals surface area contributed by atoms with Crippen molar-refractivity contribution in [3.63, 3.8) is 0 Å². The normalized spacial score (nSPS) is 15.1. The lowest BCUT2D eigenvalue weighted by atomic mass is 9.96. The van der Waals surface area contributed by atoms with E-state index in [1.807, 2.05) is 41.5 Å². The van der Waals surface area contributed by atoms with E-state index >= 15 is 0 Å². The van der Waals surface area contributed by atoms with Crippen LogP contribution < -0.4 is 26.6 Å². The number of carbonyl (C=O) groups excluding carboxylic acids is 5. The van der Waals surface area contributed by atoms with E-state index in [0.717, 1.165) is 0 Å². The van der Waals surface area contributed by atoms with Crippen molar-refractivity contribution >= 4 is 35.5 Å². The largest absolute Gasteiger partial charge is 0.478 e. The molecule has 0 spiro atoms. The highest BCUT2D eigenvalue weighted by atomic mass is 16.4. The summed E-state index contributed by atoms with van der Waals surface area (Å²) < 4.78 is 0. The van der Waals surface area contributed by atoms with E-state index in [2.05, 4.69) is 26.6 Å². The van der Waals surface area contributed by atoms with Gasteiger partial charge in [0.25, 0.3) is 0 Å². The van der Waals surface area contributed by atoms with Crippen LogP contribution in [0.4, 0.5) is 0 Å². The van der Waals surface area contributed by atoms with Gasteiger partial charge >= 0.3 is 5.97 Å². The quantitative estimate of drug-likeness (QED) is 0.118. The van der Waals surface area contributed by atoms with Crippen LogP contribution in [0.5, 0.6) is 0 Å². The van der Waals surface area contributed by atoms with Gasteiger partial charge in [0.05, 0.1) is 24.1 Å². The lowest BCUT2D eigenvalue weighted by molar-refractivity contribution is -0.133. The maximum atomic E-state index is 13.1. The van der Waals surface area contributed by atoms with Crippen LogP contribution in [0, 0.1) is 17.8 Å². The molecule has 5 amide bonds. The summed E-state index contributed by atoms with van der Waals surface area (Å²) in [5.41, 5.74) is 0.675. The smallest absolute Gasteiger partial charge is 0.335 e. The van der Waals surface area contributed by atoms with Crippen LogP contribution >= 0.6 is 0 Å². The van der Waals surface area contributed by atoms with Gasteiger partial charge in [0, 0.05) is 13.5 Å². The van der Waals surface area contributed by atoms with Crippen LogP contribution in [0.15, 0.2) is 24.3 Å².